The molecular weight excluding hydrogens is 484 g/mol. The Morgan fingerprint density at radius 3 is 2.00 bits per heavy atom. The molecule has 1 aliphatic heterocycles. The Hall–Kier alpha value is -3.54. The fourth-order valence-corrected chi connectivity index (χ4v) is 7.46. The van der Waals surface area contributed by atoms with Gasteiger partial charge in [0.15, 0.2) is 0 Å². The highest BCUT2D eigenvalue weighted by Crippen LogP contribution is 2.41. The molecule has 3 heterocycles. The van der Waals surface area contributed by atoms with Crippen LogP contribution in [0.2, 0.25) is 0 Å². The average Bonchev–Trinajstić information content (AvgIpc) is 3.56. The number of benzene rings is 3. The third-order valence-electron chi connectivity index (χ3n) is 8.01. The van der Waals surface area contributed by atoms with Gasteiger partial charge in [-0.2, -0.15) is 0 Å². The van der Waals surface area contributed by atoms with Gasteiger partial charge in [0.25, 0.3) is 0 Å². The van der Waals surface area contributed by atoms with Gasteiger partial charge in [0.2, 0.25) is 0 Å². The predicted octanol–water partition coefficient (Wildman–Crippen LogP) is 6.68. The molecule has 5 heteroatoms. The van der Waals surface area contributed by atoms with Gasteiger partial charge < -0.3 is 4.90 Å². The summed E-state index contributed by atoms with van der Waals surface area (Å²) >= 11 is 1.90. The van der Waals surface area contributed by atoms with Crippen molar-refractivity contribution in [3.63, 3.8) is 0 Å². The molecule has 0 amide bonds. The van der Waals surface area contributed by atoms with Crippen LogP contribution in [0.1, 0.15) is 45.4 Å². The molecule has 3 aromatic carbocycles. The molecule has 4 nitrogen and oxygen atoms in total. The molecule has 2 aliphatic rings. The SMILES string of the molecule is c1ccc(Cc2nc(N3CCN(C(c4ccccc4)c4ccccc4)CC3)c3c4c(sc3n2)CCC4)cc1. The molecule has 7 rings (SSSR count). The summed E-state index contributed by atoms with van der Waals surface area (Å²) in [4.78, 5) is 18.2. The number of aryl methyl sites for hydroxylation is 2. The Kier molecular flexibility index (Phi) is 6.40. The van der Waals surface area contributed by atoms with Gasteiger partial charge in [0, 0.05) is 37.5 Å². The number of hydrogen-bond donors (Lipinski definition) is 0. The van der Waals surface area contributed by atoms with E-state index in [4.69, 9.17) is 9.97 Å². The van der Waals surface area contributed by atoms with Gasteiger partial charge in [-0.1, -0.05) is 91.0 Å². The van der Waals surface area contributed by atoms with Crippen LogP contribution in [0, 0.1) is 0 Å². The molecule has 1 fully saturated rings. The summed E-state index contributed by atoms with van der Waals surface area (Å²) in [5.74, 6) is 2.10. The number of rotatable bonds is 6. The van der Waals surface area contributed by atoms with Crippen molar-refractivity contribution in [3.8, 4) is 0 Å². The Labute approximate surface area is 228 Å². The summed E-state index contributed by atoms with van der Waals surface area (Å²) in [6, 6.07) is 32.8. The molecule has 0 atom stereocenters. The molecule has 0 radical (unpaired) electrons. The third-order valence-corrected chi connectivity index (χ3v) is 9.19. The Balaban J connectivity index is 1.20. The lowest BCUT2D eigenvalue weighted by Crippen LogP contribution is -2.48. The summed E-state index contributed by atoms with van der Waals surface area (Å²) in [5.41, 5.74) is 5.50. The smallest absolute Gasteiger partial charge is 0.141 e. The van der Waals surface area contributed by atoms with Gasteiger partial charge in [0.05, 0.1) is 11.4 Å². The third kappa shape index (κ3) is 4.50. The maximum absolute atomic E-state index is 5.26. The second-order valence-electron chi connectivity index (χ2n) is 10.4. The van der Waals surface area contributed by atoms with Gasteiger partial charge >= 0.3 is 0 Å². The zero-order valence-electron chi connectivity index (χ0n) is 21.6. The van der Waals surface area contributed by atoms with E-state index >= 15 is 0 Å². The Morgan fingerprint density at radius 1 is 0.711 bits per heavy atom. The first kappa shape index (κ1) is 23.6. The highest BCUT2D eigenvalue weighted by atomic mass is 32.1. The first-order chi connectivity index (χ1) is 18.8. The van der Waals surface area contributed by atoms with E-state index < -0.39 is 0 Å². The van der Waals surface area contributed by atoms with Crippen molar-refractivity contribution in [2.24, 2.45) is 0 Å². The molecule has 0 bridgehead atoms. The molecule has 5 aromatic rings. The first-order valence-electron chi connectivity index (χ1n) is 13.8. The van der Waals surface area contributed by atoms with E-state index in [9.17, 15) is 0 Å². The average molecular weight is 517 g/mol. The molecule has 1 aliphatic carbocycles. The number of aromatic nitrogens is 2. The van der Waals surface area contributed by atoms with E-state index in [0.29, 0.717) is 0 Å². The lowest BCUT2D eigenvalue weighted by molar-refractivity contribution is 0.212. The maximum atomic E-state index is 5.26. The minimum absolute atomic E-state index is 0.268. The lowest BCUT2D eigenvalue weighted by Gasteiger charge is -2.40. The van der Waals surface area contributed by atoms with E-state index in [1.165, 1.54) is 50.2 Å². The van der Waals surface area contributed by atoms with Crippen LogP contribution in [0.3, 0.4) is 0 Å². The zero-order valence-corrected chi connectivity index (χ0v) is 22.4. The minimum Gasteiger partial charge on any atom is -0.353 e. The minimum atomic E-state index is 0.268. The summed E-state index contributed by atoms with van der Waals surface area (Å²) in [5, 5.41) is 1.33. The predicted molar refractivity (Wildman–Crippen MR) is 157 cm³/mol. The van der Waals surface area contributed by atoms with Crippen LogP contribution in [-0.4, -0.2) is 41.0 Å². The van der Waals surface area contributed by atoms with Crippen molar-refractivity contribution < 1.29 is 0 Å². The van der Waals surface area contributed by atoms with E-state index in [0.717, 1.165) is 50.7 Å². The summed E-state index contributed by atoms with van der Waals surface area (Å²) in [6.45, 7) is 3.94. The normalized spacial score (nSPS) is 15.9. The Bertz CT molecular complexity index is 1480. The van der Waals surface area contributed by atoms with Crippen molar-refractivity contribution in [1.82, 2.24) is 14.9 Å². The van der Waals surface area contributed by atoms with Crippen LogP contribution in [0.25, 0.3) is 10.2 Å². The van der Waals surface area contributed by atoms with E-state index in [1.54, 1.807) is 0 Å². The van der Waals surface area contributed by atoms with E-state index in [1.807, 2.05) is 11.3 Å². The molecular formula is C33H32N4S. The fraction of sp³-hybridized carbons (Fsp3) is 0.273. The zero-order chi connectivity index (χ0) is 25.3. The summed E-state index contributed by atoms with van der Waals surface area (Å²) < 4.78 is 0. The second-order valence-corrected chi connectivity index (χ2v) is 11.5. The molecule has 0 saturated carbocycles. The second kappa shape index (κ2) is 10.3. The van der Waals surface area contributed by atoms with Crippen molar-refractivity contribution >= 4 is 27.4 Å². The summed E-state index contributed by atoms with van der Waals surface area (Å²) in [7, 11) is 0. The quantitative estimate of drug-likeness (QED) is 0.252. The molecule has 190 valence electrons. The number of thiophene rings is 1. The molecule has 2 aromatic heterocycles. The van der Waals surface area contributed by atoms with Crippen LogP contribution in [0.15, 0.2) is 91.0 Å². The van der Waals surface area contributed by atoms with Crippen LogP contribution in [-0.2, 0) is 19.3 Å². The van der Waals surface area contributed by atoms with Gasteiger partial charge in [-0.25, -0.2) is 9.97 Å². The van der Waals surface area contributed by atoms with Crippen LogP contribution in [0.5, 0.6) is 0 Å². The fourth-order valence-electron chi connectivity index (χ4n) is 6.18. The van der Waals surface area contributed by atoms with Crippen molar-refractivity contribution in [2.75, 3.05) is 31.1 Å². The first-order valence-corrected chi connectivity index (χ1v) is 14.6. The number of piperazine rings is 1. The van der Waals surface area contributed by atoms with Crippen LogP contribution in [0.4, 0.5) is 5.82 Å². The molecule has 0 spiro atoms. The highest BCUT2D eigenvalue weighted by Gasteiger charge is 2.30. The molecule has 1 saturated heterocycles. The number of anilines is 1. The van der Waals surface area contributed by atoms with Gasteiger partial charge in [-0.3, -0.25) is 4.90 Å². The molecule has 0 N–H and O–H groups in total. The van der Waals surface area contributed by atoms with Gasteiger partial charge in [0.1, 0.15) is 16.5 Å². The monoisotopic (exact) mass is 516 g/mol. The van der Waals surface area contributed by atoms with Crippen LogP contribution >= 0.6 is 11.3 Å². The van der Waals surface area contributed by atoms with Gasteiger partial charge in [-0.05, 0) is 41.5 Å². The topological polar surface area (TPSA) is 32.3 Å². The lowest BCUT2D eigenvalue weighted by atomic mass is 9.96. The van der Waals surface area contributed by atoms with Crippen molar-refractivity contribution in [3.05, 3.63) is 124 Å². The van der Waals surface area contributed by atoms with E-state index in [2.05, 4.69) is 101 Å². The van der Waals surface area contributed by atoms with Gasteiger partial charge in [-0.15, -0.1) is 11.3 Å². The number of hydrogen-bond acceptors (Lipinski definition) is 5. The molecule has 38 heavy (non-hydrogen) atoms. The maximum Gasteiger partial charge on any atom is 0.141 e. The largest absolute Gasteiger partial charge is 0.353 e. The summed E-state index contributed by atoms with van der Waals surface area (Å²) in [6.07, 6.45) is 4.38. The Morgan fingerprint density at radius 2 is 1.34 bits per heavy atom. The molecule has 0 unspecified atom stereocenters. The number of fused-ring (bicyclic) bond motifs is 3. The number of nitrogens with zero attached hydrogens (tertiary/aromatic N) is 4. The van der Waals surface area contributed by atoms with E-state index in [-0.39, 0.29) is 6.04 Å². The van der Waals surface area contributed by atoms with Crippen molar-refractivity contribution in [2.45, 2.75) is 31.7 Å². The standard InChI is InChI=1S/C33H32N4S/c1-4-11-24(12-5-1)23-29-34-32(30-27-17-10-18-28(27)38-33(30)35-29)37-21-19-36(20-22-37)31(25-13-6-2-7-14-25)26-15-8-3-9-16-26/h1-9,11-16,31H,10,17-23H2. The highest BCUT2D eigenvalue weighted by molar-refractivity contribution is 7.19. The van der Waals surface area contributed by atoms with Crippen molar-refractivity contribution in [1.29, 1.82) is 0 Å². The van der Waals surface area contributed by atoms with Crippen LogP contribution < -0.4 is 4.90 Å².